The monoisotopic (exact) mass is 339 g/mol. The lowest BCUT2D eigenvalue weighted by atomic mass is 10.1. The van der Waals surface area contributed by atoms with Crippen LogP contribution in [0.2, 0.25) is 0 Å². The van der Waals surface area contributed by atoms with Crippen LogP contribution in [-0.4, -0.2) is 15.2 Å². The second-order valence-corrected chi connectivity index (χ2v) is 5.73. The number of aromatic nitrogens is 3. The maximum Gasteiger partial charge on any atom is 0.272 e. The van der Waals surface area contributed by atoms with Gasteiger partial charge in [0.05, 0.1) is 22.1 Å². The first-order chi connectivity index (χ1) is 10.2. The molecule has 0 aliphatic carbocycles. The third kappa shape index (κ3) is 1.89. The molecule has 0 aliphatic heterocycles. The van der Waals surface area contributed by atoms with Crippen molar-refractivity contribution in [2.75, 3.05) is 0 Å². The molecule has 4 nitrogen and oxygen atoms in total. The summed E-state index contributed by atoms with van der Waals surface area (Å²) in [7, 11) is 0. The summed E-state index contributed by atoms with van der Waals surface area (Å²) < 4.78 is 1.01. The Hall–Kier alpha value is -2.40. The number of halogens is 1. The Balaban J connectivity index is 2.17. The number of pyridine rings is 1. The molecule has 0 unspecified atom stereocenters. The molecule has 4 aromatic rings. The number of H-pyrrole nitrogens is 2. The highest BCUT2D eigenvalue weighted by Crippen LogP contribution is 2.29. The number of para-hydroxylation sites is 1. The molecule has 0 saturated carbocycles. The number of nitrogens with one attached hydrogen (secondary N) is 2. The molecule has 5 heteroatoms. The summed E-state index contributed by atoms with van der Waals surface area (Å²) in [6, 6.07) is 15.6. The Bertz CT molecular complexity index is 1020. The minimum absolute atomic E-state index is 0.123. The molecule has 2 N–H and O–H groups in total. The number of hydrogen-bond donors (Lipinski definition) is 2. The highest BCUT2D eigenvalue weighted by Gasteiger charge is 2.14. The van der Waals surface area contributed by atoms with Gasteiger partial charge in [0.2, 0.25) is 0 Å². The molecule has 0 radical (unpaired) electrons. The van der Waals surface area contributed by atoms with E-state index >= 15 is 0 Å². The average molecular weight is 340 g/mol. The van der Waals surface area contributed by atoms with Crippen molar-refractivity contribution in [3.63, 3.8) is 0 Å². The lowest BCUT2D eigenvalue weighted by molar-refractivity contribution is 1.08. The number of aromatic amines is 2. The highest BCUT2D eigenvalue weighted by molar-refractivity contribution is 9.10. The van der Waals surface area contributed by atoms with Gasteiger partial charge < -0.3 is 0 Å². The van der Waals surface area contributed by atoms with Crippen LogP contribution in [0.3, 0.4) is 0 Å². The van der Waals surface area contributed by atoms with E-state index in [1.807, 2.05) is 48.5 Å². The van der Waals surface area contributed by atoms with E-state index in [0.717, 1.165) is 32.1 Å². The number of rotatable bonds is 1. The van der Waals surface area contributed by atoms with Crippen LogP contribution in [0, 0.1) is 0 Å². The van der Waals surface area contributed by atoms with Crippen LogP contribution >= 0.6 is 15.9 Å². The zero-order valence-corrected chi connectivity index (χ0v) is 12.4. The van der Waals surface area contributed by atoms with Gasteiger partial charge in [-0.25, -0.2) is 4.98 Å². The molecule has 2 aromatic carbocycles. The molecule has 0 aliphatic rings. The molecule has 2 heterocycles. The number of fused-ring (bicyclic) bond motifs is 3. The van der Waals surface area contributed by atoms with Gasteiger partial charge in [-0.3, -0.25) is 15.0 Å². The second-order valence-electron chi connectivity index (χ2n) is 4.81. The summed E-state index contributed by atoms with van der Waals surface area (Å²) in [6.07, 6.45) is 0. The molecule has 0 fully saturated rings. The summed E-state index contributed by atoms with van der Waals surface area (Å²) in [4.78, 5) is 16.8. The molecule has 0 saturated heterocycles. The first-order valence-corrected chi connectivity index (χ1v) is 7.28. The maximum absolute atomic E-state index is 12.1. The van der Waals surface area contributed by atoms with Gasteiger partial charge in [-0.15, -0.1) is 0 Å². The van der Waals surface area contributed by atoms with E-state index in [2.05, 4.69) is 26.1 Å². The van der Waals surface area contributed by atoms with Crippen LogP contribution in [0.1, 0.15) is 0 Å². The zero-order valence-electron chi connectivity index (χ0n) is 10.9. The van der Waals surface area contributed by atoms with Crippen molar-refractivity contribution in [3.8, 4) is 11.3 Å². The van der Waals surface area contributed by atoms with Crippen molar-refractivity contribution in [3.05, 3.63) is 63.4 Å². The zero-order chi connectivity index (χ0) is 14.4. The van der Waals surface area contributed by atoms with Crippen LogP contribution in [-0.2, 0) is 0 Å². The fourth-order valence-electron chi connectivity index (χ4n) is 2.57. The molecule has 0 atom stereocenters. The molecular weight excluding hydrogens is 330 g/mol. The molecule has 0 amide bonds. The Kier molecular flexibility index (Phi) is 2.68. The molecular formula is C16H10BrN3O. The lowest BCUT2D eigenvalue weighted by Crippen LogP contribution is -1.99. The minimum Gasteiger partial charge on any atom is -0.295 e. The largest absolute Gasteiger partial charge is 0.295 e. The van der Waals surface area contributed by atoms with E-state index in [-0.39, 0.29) is 5.56 Å². The lowest BCUT2D eigenvalue weighted by Gasteiger charge is -2.06. The van der Waals surface area contributed by atoms with Crippen molar-refractivity contribution < 1.29 is 0 Å². The summed E-state index contributed by atoms with van der Waals surface area (Å²) in [5, 5.41) is 7.12. The molecule has 0 spiro atoms. The molecule has 0 bridgehead atoms. The van der Waals surface area contributed by atoms with Crippen LogP contribution in [0.4, 0.5) is 0 Å². The number of hydrogen-bond acceptors (Lipinski definition) is 2. The highest BCUT2D eigenvalue weighted by atomic mass is 79.9. The fourth-order valence-corrected chi connectivity index (χ4v) is 2.83. The maximum atomic E-state index is 12.1. The predicted octanol–water partition coefficient (Wildman–Crippen LogP) is 3.83. The Morgan fingerprint density at radius 2 is 1.71 bits per heavy atom. The SMILES string of the molecule is O=c1[nH][nH]c2c(-c3ccc(Br)cc3)nc3ccccc3c12. The number of benzene rings is 2. The van der Waals surface area contributed by atoms with E-state index in [1.54, 1.807) is 0 Å². The number of nitrogens with zero attached hydrogens (tertiary/aromatic N) is 1. The van der Waals surface area contributed by atoms with Gasteiger partial charge in [-0.05, 0) is 18.2 Å². The molecule has 2 aromatic heterocycles. The Labute approximate surface area is 127 Å². The quantitative estimate of drug-likeness (QED) is 0.553. The van der Waals surface area contributed by atoms with E-state index in [0.29, 0.717) is 5.39 Å². The van der Waals surface area contributed by atoms with Crippen LogP contribution < -0.4 is 5.56 Å². The smallest absolute Gasteiger partial charge is 0.272 e. The van der Waals surface area contributed by atoms with E-state index in [1.165, 1.54) is 0 Å². The van der Waals surface area contributed by atoms with E-state index in [9.17, 15) is 4.79 Å². The standard InChI is InChI=1S/C16H10BrN3O/c17-10-7-5-9(6-8-10)14-15-13(16(21)20-19-15)11-3-1-2-4-12(11)18-14/h1-8H,(H2,19,20,21). The van der Waals surface area contributed by atoms with Crippen LogP contribution in [0.25, 0.3) is 33.1 Å². The van der Waals surface area contributed by atoms with Crippen LogP contribution in [0.15, 0.2) is 57.8 Å². The van der Waals surface area contributed by atoms with Gasteiger partial charge in [-0.2, -0.15) is 0 Å². The third-order valence-corrected chi connectivity index (χ3v) is 4.07. The summed E-state index contributed by atoms with van der Waals surface area (Å²) >= 11 is 3.43. The summed E-state index contributed by atoms with van der Waals surface area (Å²) in [5.41, 5.74) is 3.16. The van der Waals surface area contributed by atoms with Gasteiger partial charge in [-0.1, -0.05) is 46.3 Å². The van der Waals surface area contributed by atoms with Crippen molar-refractivity contribution in [1.29, 1.82) is 0 Å². The third-order valence-electron chi connectivity index (χ3n) is 3.54. The Morgan fingerprint density at radius 3 is 2.52 bits per heavy atom. The summed E-state index contributed by atoms with van der Waals surface area (Å²) in [6.45, 7) is 0. The van der Waals surface area contributed by atoms with Crippen molar-refractivity contribution in [2.45, 2.75) is 0 Å². The average Bonchev–Trinajstić information content (AvgIpc) is 2.90. The predicted molar refractivity (Wildman–Crippen MR) is 87.4 cm³/mol. The topological polar surface area (TPSA) is 61.5 Å². The molecule has 102 valence electrons. The normalized spacial score (nSPS) is 11.3. The van der Waals surface area contributed by atoms with Crippen molar-refractivity contribution in [2.24, 2.45) is 0 Å². The Morgan fingerprint density at radius 1 is 0.952 bits per heavy atom. The van der Waals surface area contributed by atoms with Gasteiger partial charge in [0.15, 0.2) is 0 Å². The van der Waals surface area contributed by atoms with Crippen molar-refractivity contribution in [1.82, 2.24) is 15.2 Å². The minimum atomic E-state index is -0.123. The second kappa shape index (κ2) is 4.56. The first kappa shape index (κ1) is 12.3. The fraction of sp³-hybridized carbons (Fsp3) is 0. The van der Waals surface area contributed by atoms with Gasteiger partial charge in [0.25, 0.3) is 5.56 Å². The van der Waals surface area contributed by atoms with Gasteiger partial charge >= 0.3 is 0 Å². The van der Waals surface area contributed by atoms with E-state index < -0.39 is 0 Å². The summed E-state index contributed by atoms with van der Waals surface area (Å²) in [5.74, 6) is 0. The molecule has 4 rings (SSSR count). The van der Waals surface area contributed by atoms with E-state index in [4.69, 9.17) is 4.98 Å². The van der Waals surface area contributed by atoms with Gasteiger partial charge in [0.1, 0.15) is 0 Å². The van der Waals surface area contributed by atoms with Crippen molar-refractivity contribution >= 4 is 37.7 Å². The van der Waals surface area contributed by atoms with Crippen LogP contribution in [0.5, 0.6) is 0 Å². The van der Waals surface area contributed by atoms with Gasteiger partial charge in [0, 0.05) is 15.4 Å². The molecule has 21 heavy (non-hydrogen) atoms. The first-order valence-electron chi connectivity index (χ1n) is 6.49.